The predicted octanol–water partition coefficient (Wildman–Crippen LogP) is -0.202. The van der Waals surface area contributed by atoms with Gasteiger partial charge in [0, 0.05) is 6.42 Å². The maximum absolute atomic E-state index is 11.2. The van der Waals surface area contributed by atoms with E-state index in [-0.39, 0.29) is 6.61 Å². The van der Waals surface area contributed by atoms with Gasteiger partial charge in [-0.05, 0) is 0 Å². The molecule has 0 aliphatic heterocycles. The minimum Gasteiger partial charge on any atom is -0.756 e. The van der Waals surface area contributed by atoms with Crippen LogP contribution in [0.4, 0.5) is 4.79 Å². The van der Waals surface area contributed by atoms with E-state index in [0.717, 1.165) is 6.26 Å². The van der Waals surface area contributed by atoms with E-state index >= 15 is 0 Å². The molecule has 0 fully saturated rings. The highest BCUT2D eigenvalue weighted by Crippen LogP contribution is 2.30. The summed E-state index contributed by atoms with van der Waals surface area (Å²) in [5, 5.41) is 2.42. The Morgan fingerprint density at radius 3 is 2.58 bits per heavy atom. The minimum absolute atomic E-state index is 0.358. The molecule has 0 aliphatic carbocycles. The number of rotatable bonds is 8. The number of quaternary nitrogens is 1. The van der Waals surface area contributed by atoms with E-state index < -0.39 is 20.0 Å². The van der Waals surface area contributed by atoms with Crippen molar-refractivity contribution in [1.82, 2.24) is 5.32 Å². The van der Waals surface area contributed by atoms with Gasteiger partial charge in [-0.2, -0.15) is 0 Å². The van der Waals surface area contributed by atoms with Gasteiger partial charge < -0.3 is 28.8 Å². The van der Waals surface area contributed by atoms with Gasteiger partial charge in [0.2, 0.25) is 0 Å². The molecule has 112 valence electrons. The lowest BCUT2D eigenvalue weighted by Crippen LogP contribution is -2.43. The van der Waals surface area contributed by atoms with Crippen LogP contribution in [0.3, 0.4) is 0 Å². The molecule has 0 saturated heterocycles. The smallest absolute Gasteiger partial charge is 0.412 e. The van der Waals surface area contributed by atoms with E-state index in [4.69, 9.17) is 4.89 Å². The van der Waals surface area contributed by atoms with Crippen molar-refractivity contribution in [2.75, 3.05) is 34.3 Å². The number of hydrogen-bond donors (Lipinski definition) is 2. The highest BCUT2D eigenvalue weighted by atomic mass is 31.2. The van der Waals surface area contributed by atoms with E-state index in [1.54, 1.807) is 0 Å². The first-order chi connectivity index (χ1) is 8.53. The second kappa shape index (κ2) is 7.62. The Morgan fingerprint density at radius 1 is 1.58 bits per heavy atom. The van der Waals surface area contributed by atoms with Gasteiger partial charge in [-0.25, -0.2) is 4.79 Å². The first-order valence-electron chi connectivity index (χ1n) is 5.60. The van der Waals surface area contributed by atoms with Crippen LogP contribution in [0.1, 0.15) is 6.42 Å². The summed E-state index contributed by atoms with van der Waals surface area (Å²) < 4.78 is 19.9. The molecule has 19 heavy (non-hydrogen) atoms. The van der Waals surface area contributed by atoms with E-state index in [0.29, 0.717) is 17.4 Å². The van der Waals surface area contributed by atoms with Crippen molar-refractivity contribution in [2.45, 2.75) is 12.5 Å². The lowest BCUT2D eigenvalue weighted by Gasteiger charge is -2.27. The molecule has 2 atom stereocenters. The number of phosphoric ester groups is 1. The summed E-state index contributed by atoms with van der Waals surface area (Å²) in [5.74, 6) is 0. The molecule has 0 radical (unpaired) electrons. The van der Waals surface area contributed by atoms with Gasteiger partial charge in [-0.1, -0.05) is 6.58 Å². The van der Waals surface area contributed by atoms with Gasteiger partial charge in [-0.15, -0.1) is 0 Å². The predicted molar refractivity (Wildman–Crippen MR) is 66.9 cm³/mol. The van der Waals surface area contributed by atoms with E-state index in [1.807, 2.05) is 21.1 Å². The second-order valence-electron chi connectivity index (χ2n) is 4.98. The van der Waals surface area contributed by atoms with E-state index in [2.05, 4.69) is 21.2 Å². The molecule has 0 bridgehead atoms. The molecule has 0 aromatic rings. The number of carbonyl (C=O) groups is 1. The fraction of sp³-hybridized carbons (Fsp3) is 0.700. The third-order valence-corrected chi connectivity index (χ3v) is 2.57. The molecule has 0 heterocycles. The Balaban J connectivity index is 4.41. The Hall–Kier alpha value is -0.920. The summed E-state index contributed by atoms with van der Waals surface area (Å²) in [6.45, 7) is 3.53. The van der Waals surface area contributed by atoms with Crippen LogP contribution in [-0.4, -0.2) is 55.8 Å². The molecule has 2 unspecified atom stereocenters. The number of nitrogens with zero attached hydrogens (tertiary/aromatic N) is 1. The number of carbonyl (C=O) groups excluding carboxylic acids is 1. The Bertz CT molecular complexity index is 348. The number of nitrogens with one attached hydrogen (secondary N) is 1. The van der Waals surface area contributed by atoms with E-state index in [9.17, 15) is 14.3 Å². The summed E-state index contributed by atoms with van der Waals surface area (Å²) in [6.07, 6.45) is 0.650. The number of alkyl carbamates (subject to hydrolysis) is 1. The summed E-state index contributed by atoms with van der Waals surface area (Å²) in [4.78, 5) is 30.3. The molecule has 0 saturated carbocycles. The number of hydrogen-bond acceptors (Lipinski definition) is 5. The maximum Gasteiger partial charge on any atom is 0.412 e. The third kappa shape index (κ3) is 11.9. The molecule has 9 heteroatoms. The molecule has 0 spiro atoms. The Kier molecular flexibility index (Phi) is 7.25. The van der Waals surface area contributed by atoms with Crippen molar-refractivity contribution in [3.8, 4) is 0 Å². The quantitative estimate of drug-likeness (QED) is 0.365. The highest BCUT2D eigenvalue weighted by Gasteiger charge is 2.19. The normalized spacial score (nSPS) is 16.3. The van der Waals surface area contributed by atoms with Crippen LogP contribution in [0.2, 0.25) is 0 Å². The average Bonchev–Trinajstić information content (AvgIpc) is 2.20. The largest absolute Gasteiger partial charge is 0.756 e. The van der Waals surface area contributed by atoms with Crippen molar-refractivity contribution in [3.63, 3.8) is 0 Å². The summed E-state index contributed by atoms with van der Waals surface area (Å²) in [6, 6.07) is -0.598. The van der Waals surface area contributed by atoms with Gasteiger partial charge in [-0.3, -0.25) is 4.57 Å². The molecule has 1 amide bonds. The highest BCUT2D eigenvalue weighted by molar-refractivity contribution is 7.44. The maximum atomic E-state index is 11.2. The van der Waals surface area contributed by atoms with Crippen LogP contribution in [0.15, 0.2) is 12.8 Å². The van der Waals surface area contributed by atoms with Crippen LogP contribution < -0.4 is 10.2 Å². The van der Waals surface area contributed by atoms with Gasteiger partial charge in [0.05, 0.1) is 46.6 Å². The van der Waals surface area contributed by atoms with Crippen molar-refractivity contribution in [3.05, 3.63) is 12.8 Å². The van der Waals surface area contributed by atoms with Crippen LogP contribution in [0.5, 0.6) is 0 Å². The standard InChI is InChI=1S/C10H21N2O6P/c1-5-17-10(13)11-9(6-7-12(2,3)4)8-18-19(14,15)16/h5,9H,1,6-8H2,2-4H3,(H2-,11,13,14,15,16). The molecular formula is C10H21N2O6P. The van der Waals surface area contributed by atoms with Crippen molar-refractivity contribution >= 4 is 13.9 Å². The first-order valence-corrected chi connectivity index (χ1v) is 7.10. The minimum atomic E-state index is -4.81. The number of ether oxygens (including phenoxy) is 1. The van der Waals surface area contributed by atoms with Crippen molar-refractivity contribution in [2.24, 2.45) is 0 Å². The zero-order valence-electron chi connectivity index (χ0n) is 11.4. The van der Waals surface area contributed by atoms with Crippen molar-refractivity contribution < 1.29 is 32.9 Å². The van der Waals surface area contributed by atoms with Gasteiger partial charge in [0.25, 0.3) is 7.82 Å². The van der Waals surface area contributed by atoms with Gasteiger partial charge in [0.15, 0.2) is 0 Å². The number of amides is 1. The molecule has 2 N–H and O–H groups in total. The summed E-state index contributed by atoms with van der Waals surface area (Å²) in [7, 11) is 1.04. The summed E-state index contributed by atoms with van der Waals surface area (Å²) in [5.41, 5.74) is 0. The molecule has 8 nitrogen and oxygen atoms in total. The van der Waals surface area contributed by atoms with Gasteiger partial charge >= 0.3 is 6.09 Å². The Labute approximate surface area is 112 Å². The van der Waals surface area contributed by atoms with E-state index in [1.165, 1.54) is 0 Å². The molecule has 0 aromatic heterocycles. The zero-order valence-corrected chi connectivity index (χ0v) is 12.3. The second-order valence-corrected chi connectivity index (χ2v) is 6.18. The van der Waals surface area contributed by atoms with Crippen LogP contribution in [0, 0.1) is 0 Å². The van der Waals surface area contributed by atoms with Crippen LogP contribution in [0.25, 0.3) is 0 Å². The zero-order chi connectivity index (χ0) is 15.1. The molecule has 0 rings (SSSR count). The van der Waals surface area contributed by atoms with Crippen LogP contribution in [-0.2, 0) is 13.8 Å². The molecule has 0 aliphatic rings. The number of phosphoric acid groups is 1. The average molecular weight is 296 g/mol. The fourth-order valence-corrected chi connectivity index (χ4v) is 1.57. The molecule has 0 aromatic carbocycles. The lowest BCUT2D eigenvalue weighted by atomic mass is 10.2. The van der Waals surface area contributed by atoms with Crippen molar-refractivity contribution in [1.29, 1.82) is 0 Å². The third-order valence-electron chi connectivity index (χ3n) is 2.10. The lowest BCUT2D eigenvalue weighted by molar-refractivity contribution is -0.870. The Morgan fingerprint density at radius 2 is 2.16 bits per heavy atom. The topological polar surface area (TPSA) is 108 Å². The monoisotopic (exact) mass is 296 g/mol. The molecular weight excluding hydrogens is 275 g/mol. The van der Waals surface area contributed by atoms with Crippen LogP contribution >= 0.6 is 7.82 Å². The SMILES string of the molecule is C=COC(=O)NC(CC[N+](C)(C)C)COP(=O)([O-])O. The summed E-state index contributed by atoms with van der Waals surface area (Å²) >= 11 is 0. The van der Waals surface area contributed by atoms with Gasteiger partial charge in [0.1, 0.15) is 0 Å². The fourth-order valence-electron chi connectivity index (χ4n) is 1.20. The first kappa shape index (κ1) is 18.1.